The minimum Gasteiger partial charge on any atom is -0.437 e. The molecule has 0 aliphatic rings. The van der Waals surface area contributed by atoms with Crippen molar-refractivity contribution in [2.45, 2.75) is 6.85 Å². The zero-order valence-corrected chi connectivity index (χ0v) is 12.9. The van der Waals surface area contributed by atoms with Gasteiger partial charge in [-0.15, -0.1) is 0 Å². The molecule has 24 heavy (non-hydrogen) atoms. The fraction of sp³-hybridized carbons (Fsp3) is 0.100. The van der Waals surface area contributed by atoms with E-state index in [1.165, 1.54) is 6.07 Å². The third kappa shape index (κ3) is 1.74. The zero-order valence-electron chi connectivity index (χ0n) is 15.9. The van der Waals surface area contributed by atoms with E-state index in [9.17, 15) is 0 Å². The van der Waals surface area contributed by atoms with Crippen molar-refractivity contribution in [3.63, 3.8) is 0 Å². The predicted molar refractivity (Wildman–Crippen MR) is 96.0 cm³/mol. The number of rotatable bonds is 1. The van der Waals surface area contributed by atoms with Crippen molar-refractivity contribution in [3.8, 4) is 11.4 Å². The van der Waals surface area contributed by atoms with Crippen LogP contribution in [0.5, 0.6) is 0 Å². The molecule has 0 saturated carbocycles. The van der Waals surface area contributed by atoms with Gasteiger partial charge in [0.1, 0.15) is 11.4 Å². The Morgan fingerprint density at radius 2 is 1.88 bits per heavy atom. The molecule has 0 atom stereocenters. The van der Waals surface area contributed by atoms with Gasteiger partial charge in [0.05, 0.1) is 16.6 Å². The quantitative estimate of drug-likeness (QED) is 0.444. The summed E-state index contributed by atoms with van der Waals surface area (Å²) in [4.78, 5) is 8.98. The van der Waals surface area contributed by atoms with E-state index in [0.717, 1.165) is 33.2 Å². The first-order valence-corrected chi connectivity index (χ1v) is 7.68. The number of pyridine rings is 1. The van der Waals surface area contributed by atoms with Crippen LogP contribution in [0.25, 0.3) is 44.5 Å². The molecule has 4 heteroatoms. The zero-order chi connectivity index (χ0) is 18.8. The molecule has 0 amide bonds. The molecule has 2 aromatic carbocycles. The number of aryl methyl sites for hydroxylation is 2. The monoisotopic (exact) mass is 316 g/mol. The smallest absolute Gasteiger partial charge is 0.227 e. The predicted octanol–water partition coefficient (Wildman–Crippen LogP) is 4.84. The summed E-state index contributed by atoms with van der Waals surface area (Å²) in [5.41, 5.74) is 3.79. The number of furan rings is 1. The standard InChI is InChI=1S/C20H15N3O/c1-12-10-11-14-13-6-5-7-15(18(13)24-20(14)21-12)19-22-16-8-3-4-9-17(16)23(19)2/h3-11H,1-2H3/i1D3. The van der Waals surface area contributed by atoms with Gasteiger partial charge in [0.2, 0.25) is 5.71 Å². The van der Waals surface area contributed by atoms with Crippen LogP contribution in [0.1, 0.15) is 9.81 Å². The van der Waals surface area contributed by atoms with Crippen LogP contribution in [-0.4, -0.2) is 14.5 Å². The topological polar surface area (TPSA) is 43.9 Å². The first-order valence-electron chi connectivity index (χ1n) is 9.18. The van der Waals surface area contributed by atoms with Gasteiger partial charge in [-0.3, -0.25) is 0 Å². The molecule has 5 rings (SSSR count). The van der Waals surface area contributed by atoms with Gasteiger partial charge < -0.3 is 8.98 Å². The number of para-hydroxylation sites is 3. The van der Waals surface area contributed by atoms with Gasteiger partial charge >= 0.3 is 0 Å². The summed E-state index contributed by atoms with van der Waals surface area (Å²) in [6.07, 6.45) is 0. The van der Waals surface area contributed by atoms with Crippen LogP contribution in [0.4, 0.5) is 0 Å². The van der Waals surface area contributed by atoms with Crippen molar-refractivity contribution in [1.29, 1.82) is 0 Å². The maximum atomic E-state index is 7.57. The lowest BCUT2D eigenvalue weighted by molar-refractivity contribution is 0.653. The number of aromatic nitrogens is 3. The molecule has 0 unspecified atom stereocenters. The van der Waals surface area contributed by atoms with Crippen LogP contribution >= 0.6 is 0 Å². The highest BCUT2D eigenvalue weighted by Crippen LogP contribution is 2.35. The molecule has 4 nitrogen and oxygen atoms in total. The van der Waals surface area contributed by atoms with Gasteiger partial charge in [-0.1, -0.05) is 24.3 Å². The normalized spacial score (nSPS) is 14.1. The number of imidazole rings is 1. The Labute approximate surface area is 142 Å². The third-order valence-electron chi connectivity index (χ3n) is 4.39. The molecule has 0 fully saturated rings. The van der Waals surface area contributed by atoms with Gasteiger partial charge in [0.25, 0.3) is 0 Å². The molecule has 0 N–H and O–H groups in total. The molecule has 0 radical (unpaired) electrons. The van der Waals surface area contributed by atoms with Crippen LogP contribution in [0.3, 0.4) is 0 Å². The second-order valence-electron chi connectivity index (χ2n) is 5.82. The molecule has 0 spiro atoms. The lowest BCUT2D eigenvalue weighted by Crippen LogP contribution is -1.92. The maximum Gasteiger partial charge on any atom is 0.227 e. The molecule has 0 bridgehead atoms. The lowest BCUT2D eigenvalue weighted by Gasteiger charge is -2.03. The Morgan fingerprint density at radius 3 is 2.75 bits per heavy atom. The molecule has 0 saturated heterocycles. The Hall–Kier alpha value is -3.14. The van der Waals surface area contributed by atoms with Crippen molar-refractivity contribution in [2.75, 3.05) is 0 Å². The third-order valence-corrected chi connectivity index (χ3v) is 4.39. The SMILES string of the molecule is [2H]C([2H])([2H])c1ccc2c(n1)oc1c(-c3nc4ccccc4n3C)cccc12. The highest BCUT2D eigenvalue weighted by atomic mass is 16.3. The van der Waals surface area contributed by atoms with Crippen LogP contribution in [0.15, 0.2) is 59.0 Å². The second kappa shape index (κ2) is 4.68. The van der Waals surface area contributed by atoms with Crippen LogP contribution in [0, 0.1) is 6.85 Å². The number of benzene rings is 2. The average molecular weight is 316 g/mol. The van der Waals surface area contributed by atoms with E-state index >= 15 is 0 Å². The highest BCUT2D eigenvalue weighted by molar-refractivity contribution is 6.08. The second-order valence-corrected chi connectivity index (χ2v) is 5.82. The van der Waals surface area contributed by atoms with Crippen LogP contribution in [0.2, 0.25) is 0 Å². The molecule has 5 aromatic rings. The first-order chi connectivity index (χ1) is 12.9. The number of nitrogens with zero attached hydrogens (tertiary/aromatic N) is 3. The highest BCUT2D eigenvalue weighted by Gasteiger charge is 2.17. The summed E-state index contributed by atoms with van der Waals surface area (Å²) in [6, 6.07) is 17.1. The van der Waals surface area contributed by atoms with Crippen molar-refractivity contribution in [1.82, 2.24) is 14.5 Å². The Bertz CT molecular complexity index is 1330. The summed E-state index contributed by atoms with van der Waals surface area (Å²) < 4.78 is 30.7. The Morgan fingerprint density at radius 1 is 0.958 bits per heavy atom. The van der Waals surface area contributed by atoms with E-state index in [0.29, 0.717) is 11.3 Å². The lowest BCUT2D eigenvalue weighted by atomic mass is 10.1. The van der Waals surface area contributed by atoms with Crippen molar-refractivity contribution >= 4 is 33.1 Å². The molecular weight excluding hydrogens is 298 g/mol. The summed E-state index contributed by atoms with van der Waals surface area (Å²) in [7, 11) is 1.97. The summed E-state index contributed by atoms with van der Waals surface area (Å²) >= 11 is 0. The van der Waals surface area contributed by atoms with Crippen molar-refractivity contribution < 1.29 is 8.53 Å². The van der Waals surface area contributed by atoms with Gasteiger partial charge in [0.15, 0.2) is 0 Å². The van der Waals surface area contributed by atoms with E-state index in [1.807, 2.05) is 54.1 Å². The minimum atomic E-state index is -2.27. The maximum absolute atomic E-state index is 7.57. The van der Waals surface area contributed by atoms with E-state index in [1.54, 1.807) is 6.07 Å². The van der Waals surface area contributed by atoms with E-state index in [2.05, 4.69) is 4.98 Å². The number of fused-ring (bicyclic) bond motifs is 4. The average Bonchev–Trinajstić information content (AvgIpc) is 3.18. The summed E-state index contributed by atoms with van der Waals surface area (Å²) in [5, 5.41) is 1.68. The molecule has 116 valence electrons. The fourth-order valence-corrected chi connectivity index (χ4v) is 3.24. The van der Waals surface area contributed by atoms with E-state index in [4.69, 9.17) is 13.5 Å². The Balaban J connectivity index is 1.81. The molecule has 3 aromatic heterocycles. The molecular formula is C20H15N3O. The Kier molecular flexibility index (Phi) is 2.07. The van der Waals surface area contributed by atoms with Gasteiger partial charge in [-0.05, 0) is 37.2 Å². The summed E-state index contributed by atoms with van der Waals surface area (Å²) in [6.45, 7) is -2.27. The number of hydrogen-bond donors (Lipinski definition) is 0. The van der Waals surface area contributed by atoms with Crippen molar-refractivity contribution in [3.05, 3.63) is 60.3 Å². The molecule has 0 aliphatic carbocycles. The minimum absolute atomic E-state index is 0.0262. The van der Waals surface area contributed by atoms with Crippen molar-refractivity contribution in [2.24, 2.45) is 7.05 Å². The largest absolute Gasteiger partial charge is 0.437 e. The summed E-state index contributed by atoms with van der Waals surface area (Å²) in [5.74, 6) is 0.789. The van der Waals surface area contributed by atoms with Crippen LogP contribution < -0.4 is 0 Å². The van der Waals surface area contributed by atoms with Gasteiger partial charge in [-0.2, -0.15) is 0 Å². The van der Waals surface area contributed by atoms with Gasteiger partial charge in [0, 0.05) is 27.6 Å². The molecule has 3 heterocycles. The fourth-order valence-electron chi connectivity index (χ4n) is 3.24. The molecule has 0 aliphatic heterocycles. The van der Waals surface area contributed by atoms with Gasteiger partial charge in [-0.25, -0.2) is 9.97 Å². The van der Waals surface area contributed by atoms with Crippen LogP contribution in [-0.2, 0) is 7.05 Å². The van der Waals surface area contributed by atoms with E-state index < -0.39 is 6.85 Å². The first kappa shape index (κ1) is 10.6. The number of hydrogen-bond acceptors (Lipinski definition) is 3. The van der Waals surface area contributed by atoms with E-state index in [-0.39, 0.29) is 5.69 Å².